The third-order valence-corrected chi connectivity index (χ3v) is 4.61. The lowest BCUT2D eigenvalue weighted by Gasteiger charge is -2.24. The zero-order valence-electron chi connectivity index (χ0n) is 17.8. The normalized spacial score (nSPS) is 10.6. The van der Waals surface area contributed by atoms with Gasteiger partial charge in [0.25, 0.3) is 0 Å². The Kier molecular flexibility index (Phi) is 7.15. The molecular weight excluding hydrogens is 356 g/mol. The molecule has 0 saturated carbocycles. The van der Waals surface area contributed by atoms with Crippen LogP contribution < -0.4 is 19.3 Å². The summed E-state index contributed by atoms with van der Waals surface area (Å²) >= 11 is 0. The van der Waals surface area contributed by atoms with Crippen LogP contribution in [0.15, 0.2) is 36.4 Å². The van der Waals surface area contributed by atoms with Crippen molar-refractivity contribution >= 4 is 17.3 Å². The van der Waals surface area contributed by atoms with Gasteiger partial charge >= 0.3 is 5.97 Å². The van der Waals surface area contributed by atoms with E-state index in [4.69, 9.17) is 14.2 Å². The molecule has 0 aliphatic heterocycles. The second-order valence-electron chi connectivity index (χ2n) is 6.83. The van der Waals surface area contributed by atoms with E-state index < -0.39 is 5.92 Å². The van der Waals surface area contributed by atoms with Gasteiger partial charge in [-0.15, -0.1) is 0 Å². The van der Waals surface area contributed by atoms with E-state index in [1.54, 1.807) is 21.1 Å². The number of carbonyl (C=O) groups is 1. The lowest BCUT2D eigenvalue weighted by molar-refractivity contribution is -0.143. The van der Waals surface area contributed by atoms with Gasteiger partial charge in [0.05, 0.1) is 20.8 Å². The van der Waals surface area contributed by atoms with Crippen LogP contribution in [0.1, 0.15) is 24.0 Å². The van der Waals surface area contributed by atoms with Crippen molar-refractivity contribution in [3.05, 3.63) is 47.5 Å². The smallest absolute Gasteiger partial charge is 0.318 e. The highest BCUT2D eigenvalue weighted by molar-refractivity contribution is 5.85. The van der Waals surface area contributed by atoms with Gasteiger partial charge in [-0.2, -0.15) is 0 Å². The second kappa shape index (κ2) is 9.35. The molecule has 2 rings (SSSR count). The summed E-state index contributed by atoms with van der Waals surface area (Å²) in [5.74, 6) is 0.262. The van der Waals surface area contributed by atoms with Crippen molar-refractivity contribution in [2.45, 2.75) is 12.8 Å². The Bertz CT molecular complexity index is 759. The van der Waals surface area contributed by atoms with Gasteiger partial charge in [-0.3, -0.25) is 4.79 Å². The molecule has 0 radical (unpaired) electrons. The molecule has 0 spiro atoms. The summed E-state index contributed by atoms with van der Waals surface area (Å²) < 4.78 is 16.6. The molecule has 0 aliphatic carbocycles. The van der Waals surface area contributed by atoms with Gasteiger partial charge < -0.3 is 24.0 Å². The molecule has 0 bridgehead atoms. The molecule has 0 atom stereocenters. The van der Waals surface area contributed by atoms with Crippen LogP contribution >= 0.6 is 0 Å². The summed E-state index contributed by atoms with van der Waals surface area (Å²) in [5.41, 5.74) is 3.45. The molecule has 0 heterocycles. The summed E-state index contributed by atoms with van der Waals surface area (Å²) in [7, 11) is 11.0. The van der Waals surface area contributed by atoms with E-state index in [1.165, 1.54) is 0 Å². The number of nitrogens with zero attached hydrogens (tertiary/aromatic N) is 2. The molecule has 28 heavy (non-hydrogen) atoms. The van der Waals surface area contributed by atoms with Crippen LogP contribution in [0.4, 0.5) is 11.4 Å². The van der Waals surface area contributed by atoms with E-state index >= 15 is 0 Å². The topological polar surface area (TPSA) is 51.2 Å². The maximum absolute atomic E-state index is 13.0. The number of anilines is 2. The Morgan fingerprint density at radius 1 is 0.857 bits per heavy atom. The minimum absolute atomic E-state index is 0.297. The Morgan fingerprint density at radius 2 is 1.29 bits per heavy atom. The molecule has 2 aromatic rings. The number of methoxy groups -OCH3 is 2. The monoisotopic (exact) mass is 386 g/mol. The predicted octanol–water partition coefficient (Wildman–Crippen LogP) is 3.53. The quantitative estimate of drug-likeness (QED) is 0.647. The molecule has 0 saturated heterocycles. The van der Waals surface area contributed by atoms with E-state index in [0.717, 1.165) is 22.5 Å². The molecule has 0 amide bonds. The third kappa shape index (κ3) is 4.50. The van der Waals surface area contributed by atoms with Gasteiger partial charge in [-0.25, -0.2) is 0 Å². The first-order chi connectivity index (χ1) is 13.3. The highest BCUT2D eigenvalue weighted by atomic mass is 16.5. The number of ether oxygens (including phenoxy) is 3. The fourth-order valence-electron chi connectivity index (χ4n) is 3.08. The minimum Gasteiger partial charge on any atom is -0.496 e. The average Bonchev–Trinajstić information content (AvgIpc) is 2.68. The maximum atomic E-state index is 13.0. The number of hydrogen-bond donors (Lipinski definition) is 0. The van der Waals surface area contributed by atoms with Crippen LogP contribution in [0.3, 0.4) is 0 Å². The van der Waals surface area contributed by atoms with Gasteiger partial charge in [-0.1, -0.05) is 12.1 Å². The van der Waals surface area contributed by atoms with Crippen molar-refractivity contribution in [3.63, 3.8) is 0 Å². The zero-order valence-corrected chi connectivity index (χ0v) is 17.8. The Balaban J connectivity index is 2.66. The van der Waals surface area contributed by atoms with Crippen LogP contribution in [0.2, 0.25) is 0 Å². The highest BCUT2D eigenvalue weighted by Crippen LogP contribution is 2.40. The van der Waals surface area contributed by atoms with Gasteiger partial charge in [0, 0.05) is 62.8 Å². The molecule has 0 aliphatic rings. The molecule has 152 valence electrons. The van der Waals surface area contributed by atoms with E-state index in [9.17, 15) is 4.79 Å². The molecule has 0 N–H and O–H groups in total. The largest absolute Gasteiger partial charge is 0.496 e. The SMILES string of the molecule is CCOC(=O)C(c1ccc(N(C)C)cc1OC)c1ccc(N(C)C)cc1OC. The van der Waals surface area contributed by atoms with Crippen molar-refractivity contribution < 1.29 is 19.0 Å². The fourth-order valence-corrected chi connectivity index (χ4v) is 3.08. The summed E-state index contributed by atoms with van der Waals surface area (Å²) in [6.45, 7) is 2.10. The highest BCUT2D eigenvalue weighted by Gasteiger charge is 2.30. The standard InChI is InChI=1S/C22H30N2O4/c1-8-28-22(25)21(17-11-9-15(23(2)3)13-19(17)26-6)18-12-10-16(24(4)5)14-20(18)27-7/h9-14,21H,8H2,1-7H3. The Hall–Kier alpha value is -2.89. The van der Waals surface area contributed by atoms with Gasteiger partial charge in [0.15, 0.2) is 0 Å². The van der Waals surface area contributed by atoms with Gasteiger partial charge in [0.2, 0.25) is 0 Å². The van der Waals surface area contributed by atoms with E-state index in [-0.39, 0.29) is 5.97 Å². The molecular formula is C22H30N2O4. The van der Waals surface area contributed by atoms with Gasteiger partial charge in [-0.05, 0) is 19.1 Å². The average molecular weight is 386 g/mol. The van der Waals surface area contributed by atoms with Crippen LogP contribution in [0, 0.1) is 0 Å². The number of esters is 1. The van der Waals surface area contributed by atoms with Crippen molar-refractivity contribution in [2.24, 2.45) is 0 Å². The third-order valence-electron chi connectivity index (χ3n) is 4.61. The first-order valence-electron chi connectivity index (χ1n) is 9.21. The fraction of sp³-hybridized carbons (Fsp3) is 0.409. The first-order valence-corrected chi connectivity index (χ1v) is 9.21. The molecule has 0 unspecified atom stereocenters. The minimum atomic E-state index is -0.655. The lowest BCUT2D eigenvalue weighted by atomic mass is 9.89. The number of carbonyl (C=O) groups excluding carboxylic acids is 1. The van der Waals surface area contributed by atoms with Crippen molar-refractivity contribution in [1.29, 1.82) is 0 Å². The maximum Gasteiger partial charge on any atom is 0.318 e. The van der Waals surface area contributed by atoms with E-state index in [2.05, 4.69) is 0 Å². The van der Waals surface area contributed by atoms with E-state index in [0.29, 0.717) is 18.1 Å². The van der Waals surface area contributed by atoms with E-state index in [1.807, 2.05) is 74.4 Å². The Labute approximate surface area is 167 Å². The number of rotatable bonds is 8. The predicted molar refractivity (Wildman–Crippen MR) is 113 cm³/mol. The lowest BCUT2D eigenvalue weighted by Crippen LogP contribution is -2.19. The van der Waals surface area contributed by atoms with Crippen LogP contribution in [0.25, 0.3) is 0 Å². The number of hydrogen-bond acceptors (Lipinski definition) is 6. The van der Waals surface area contributed by atoms with Crippen LogP contribution in [-0.2, 0) is 9.53 Å². The zero-order chi connectivity index (χ0) is 20.8. The van der Waals surface area contributed by atoms with Gasteiger partial charge in [0.1, 0.15) is 17.4 Å². The summed E-state index contributed by atoms with van der Waals surface area (Å²) in [6, 6.07) is 11.6. The van der Waals surface area contributed by atoms with Crippen LogP contribution in [0.5, 0.6) is 11.5 Å². The molecule has 6 heteroatoms. The summed E-state index contributed by atoms with van der Waals surface area (Å²) in [6.07, 6.45) is 0. The first kappa shape index (κ1) is 21.4. The second-order valence-corrected chi connectivity index (χ2v) is 6.83. The molecule has 0 fully saturated rings. The molecule has 2 aromatic carbocycles. The number of benzene rings is 2. The van der Waals surface area contributed by atoms with Crippen molar-refractivity contribution in [3.8, 4) is 11.5 Å². The molecule has 0 aromatic heterocycles. The summed E-state index contributed by atoms with van der Waals surface area (Å²) in [5, 5.41) is 0. The van der Waals surface area contributed by atoms with Crippen molar-refractivity contribution in [1.82, 2.24) is 0 Å². The summed E-state index contributed by atoms with van der Waals surface area (Å²) in [4.78, 5) is 16.9. The van der Waals surface area contributed by atoms with Crippen molar-refractivity contribution in [2.75, 3.05) is 58.8 Å². The molecule has 6 nitrogen and oxygen atoms in total. The van der Waals surface area contributed by atoms with Crippen LogP contribution in [-0.4, -0.2) is 55.0 Å². The Morgan fingerprint density at radius 3 is 1.61 bits per heavy atom.